The van der Waals surface area contributed by atoms with E-state index in [4.69, 9.17) is 0 Å². The summed E-state index contributed by atoms with van der Waals surface area (Å²) in [6.45, 7) is 3.23. The van der Waals surface area contributed by atoms with Gasteiger partial charge in [0.2, 0.25) is 5.91 Å². The SMILES string of the molecule is CC(=O)Nc1ccc(NS(=O)(=O)c2ccc(Br)c(C)c2)cc1. The third kappa shape index (κ3) is 4.08. The first-order valence-corrected chi connectivity index (χ1v) is 8.72. The minimum absolute atomic E-state index is 0.182. The Kier molecular flexibility index (Phi) is 4.87. The van der Waals surface area contributed by atoms with Gasteiger partial charge < -0.3 is 5.32 Å². The first kappa shape index (κ1) is 16.5. The Morgan fingerprint density at radius 3 is 2.18 bits per heavy atom. The number of anilines is 2. The number of rotatable bonds is 4. The van der Waals surface area contributed by atoms with Gasteiger partial charge in [0.15, 0.2) is 0 Å². The fourth-order valence-corrected chi connectivity index (χ4v) is 3.21. The molecule has 2 aromatic rings. The zero-order valence-electron chi connectivity index (χ0n) is 12.1. The van der Waals surface area contributed by atoms with Crippen LogP contribution in [0.3, 0.4) is 0 Å². The maximum Gasteiger partial charge on any atom is 0.261 e. The number of carbonyl (C=O) groups is 1. The van der Waals surface area contributed by atoms with Crippen molar-refractivity contribution in [2.75, 3.05) is 10.0 Å². The number of nitrogens with one attached hydrogen (secondary N) is 2. The van der Waals surface area contributed by atoms with Crippen molar-refractivity contribution in [3.8, 4) is 0 Å². The molecule has 0 radical (unpaired) electrons. The van der Waals surface area contributed by atoms with Crippen molar-refractivity contribution < 1.29 is 13.2 Å². The molecule has 0 heterocycles. The lowest BCUT2D eigenvalue weighted by Gasteiger charge is -2.10. The van der Waals surface area contributed by atoms with Crippen molar-refractivity contribution in [2.45, 2.75) is 18.7 Å². The number of amides is 1. The van der Waals surface area contributed by atoms with Crippen LogP contribution in [-0.4, -0.2) is 14.3 Å². The summed E-state index contributed by atoms with van der Waals surface area (Å²) < 4.78 is 28.0. The van der Waals surface area contributed by atoms with Crippen LogP contribution in [0.25, 0.3) is 0 Å². The van der Waals surface area contributed by atoms with Crippen LogP contribution < -0.4 is 10.0 Å². The number of sulfonamides is 1. The van der Waals surface area contributed by atoms with Crippen LogP contribution in [0.1, 0.15) is 12.5 Å². The molecule has 2 aromatic carbocycles. The molecule has 7 heteroatoms. The molecule has 22 heavy (non-hydrogen) atoms. The van der Waals surface area contributed by atoms with E-state index < -0.39 is 10.0 Å². The van der Waals surface area contributed by atoms with Crippen molar-refractivity contribution in [1.29, 1.82) is 0 Å². The highest BCUT2D eigenvalue weighted by atomic mass is 79.9. The number of hydrogen-bond acceptors (Lipinski definition) is 3. The standard InChI is InChI=1S/C15H15BrN2O3S/c1-10-9-14(7-8-15(10)16)22(20,21)18-13-5-3-12(4-6-13)17-11(2)19/h3-9,18H,1-2H3,(H,17,19). The lowest BCUT2D eigenvalue weighted by molar-refractivity contribution is -0.114. The Labute approximate surface area is 137 Å². The van der Waals surface area contributed by atoms with Crippen LogP contribution in [0.2, 0.25) is 0 Å². The van der Waals surface area contributed by atoms with Gasteiger partial charge in [0.1, 0.15) is 0 Å². The van der Waals surface area contributed by atoms with Gasteiger partial charge in [-0.15, -0.1) is 0 Å². The number of hydrogen-bond donors (Lipinski definition) is 2. The summed E-state index contributed by atoms with van der Waals surface area (Å²) in [5.41, 5.74) is 1.87. The van der Waals surface area contributed by atoms with E-state index in [0.717, 1.165) is 10.0 Å². The summed E-state index contributed by atoms with van der Waals surface area (Å²) in [6, 6.07) is 11.3. The highest BCUT2D eigenvalue weighted by molar-refractivity contribution is 9.10. The van der Waals surface area contributed by atoms with Crippen LogP contribution in [0.15, 0.2) is 51.8 Å². The quantitative estimate of drug-likeness (QED) is 0.849. The minimum Gasteiger partial charge on any atom is -0.326 e. The Balaban J connectivity index is 2.21. The van der Waals surface area contributed by atoms with E-state index in [0.29, 0.717) is 11.4 Å². The molecule has 5 nitrogen and oxygen atoms in total. The van der Waals surface area contributed by atoms with Crippen LogP contribution in [0.5, 0.6) is 0 Å². The van der Waals surface area contributed by atoms with E-state index in [1.54, 1.807) is 36.4 Å². The summed E-state index contributed by atoms with van der Waals surface area (Å²) in [6.07, 6.45) is 0. The van der Waals surface area contributed by atoms with Crippen LogP contribution >= 0.6 is 15.9 Å². The van der Waals surface area contributed by atoms with E-state index in [2.05, 4.69) is 26.0 Å². The molecule has 116 valence electrons. The van der Waals surface area contributed by atoms with Crippen LogP contribution in [-0.2, 0) is 14.8 Å². The summed E-state index contributed by atoms with van der Waals surface area (Å²) in [4.78, 5) is 11.1. The lowest BCUT2D eigenvalue weighted by Crippen LogP contribution is -2.13. The zero-order valence-corrected chi connectivity index (χ0v) is 14.5. The zero-order chi connectivity index (χ0) is 16.3. The topological polar surface area (TPSA) is 75.3 Å². The molecule has 0 aromatic heterocycles. The molecule has 0 unspecified atom stereocenters. The van der Waals surface area contributed by atoms with Gasteiger partial charge in [-0.05, 0) is 55.0 Å². The number of halogens is 1. The van der Waals surface area contributed by atoms with Crippen LogP contribution in [0, 0.1) is 6.92 Å². The molecule has 0 saturated carbocycles. The summed E-state index contributed by atoms with van der Waals surface area (Å²) in [5, 5.41) is 2.62. The Morgan fingerprint density at radius 2 is 1.64 bits per heavy atom. The molecule has 0 spiro atoms. The first-order chi connectivity index (χ1) is 10.3. The van der Waals surface area contributed by atoms with Gasteiger partial charge in [0.05, 0.1) is 4.90 Å². The molecule has 0 bridgehead atoms. The molecule has 0 aliphatic rings. The second-order valence-electron chi connectivity index (χ2n) is 4.78. The Bertz CT molecular complexity index is 802. The van der Waals surface area contributed by atoms with Gasteiger partial charge in [0, 0.05) is 22.8 Å². The largest absolute Gasteiger partial charge is 0.326 e. The molecule has 1 amide bonds. The second kappa shape index (κ2) is 6.50. The van der Waals surface area contributed by atoms with E-state index in [9.17, 15) is 13.2 Å². The van der Waals surface area contributed by atoms with Crippen molar-refractivity contribution in [2.24, 2.45) is 0 Å². The van der Waals surface area contributed by atoms with Gasteiger partial charge in [-0.3, -0.25) is 9.52 Å². The molecule has 0 atom stereocenters. The molecule has 0 aliphatic heterocycles. The summed E-state index contributed by atoms with van der Waals surface area (Å²) in [5.74, 6) is -0.182. The third-order valence-electron chi connectivity index (χ3n) is 2.90. The summed E-state index contributed by atoms with van der Waals surface area (Å²) in [7, 11) is -3.65. The molecular weight excluding hydrogens is 368 g/mol. The highest BCUT2D eigenvalue weighted by Crippen LogP contribution is 2.22. The third-order valence-corrected chi connectivity index (χ3v) is 5.17. The maximum atomic E-state index is 12.3. The predicted octanol–water partition coefficient (Wildman–Crippen LogP) is 3.52. The van der Waals surface area contributed by atoms with Crippen molar-refractivity contribution >= 4 is 43.2 Å². The van der Waals surface area contributed by atoms with E-state index in [1.165, 1.54) is 13.0 Å². The Hall–Kier alpha value is -1.86. The van der Waals surface area contributed by atoms with Crippen molar-refractivity contribution in [3.63, 3.8) is 0 Å². The van der Waals surface area contributed by atoms with E-state index >= 15 is 0 Å². The second-order valence-corrected chi connectivity index (χ2v) is 7.31. The van der Waals surface area contributed by atoms with Crippen molar-refractivity contribution in [3.05, 3.63) is 52.5 Å². The van der Waals surface area contributed by atoms with Gasteiger partial charge in [-0.2, -0.15) is 0 Å². The maximum absolute atomic E-state index is 12.3. The van der Waals surface area contributed by atoms with Gasteiger partial charge in [0.25, 0.3) is 10.0 Å². The fourth-order valence-electron chi connectivity index (χ4n) is 1.82. The monoisotopic (exact) mass is 382 g/mol. The molecule has 2 rings (SSSR count). The van der Waals surface area contributed by atoms with E-state index in [-0.39, 0.29) is 10.8 Å². The average molecular weight is 383 g/mol. The normalized spacial score (nSPS) is 11.0. The van der Waals surface area contributed by atoms with Crippen LogP contribution in [0.4, 0.5) is 11.4 Å². The minimum atomic E-state index is -3.65. The fraction of sp³-hybridized carbons (Fsp3) is 0.133. The number of benzene rings is 2. The summed E-state index contributed by atoms with van der Waals surface area (Å²) >= 11 is 3.34. The van der Waals surface area contributed by atoms with Gasteiger partial charge in [-0.25, -0.2) is 8.42 Å². The van der Waals surface area contributed by atoms with Gasteiger partial charge >= 0.3 is 0 Å². The van der Waals surface area contributed by atoms with Crippen molar-refractivity contribution in [1.82, 2.24) is 0 Å². The smallest absolute Gasteiger partial charge is 0.261 e. The number of carbonyl (C=O) groups excluding carboxylic acids is 1. The first-order valence-electron chi connectivity index (χ1n) is 6.44. The Morgan fingerprint density at radius 1 is 1.05 bits per heavy atom. The van der Waals surface area contributed by atoms with E-state index in [1.807, 2.05) is 6.92 Å². The number of aryl methyl sites for hydroxylation is 1. The van der Waals surface area contributed by atoms with Gasteiger partial charge in [-0.1, -0.05) is 15.9 Å². The predicted molar refractivity (Wildman–Crippen MR) is 90.4 cm³/mol. The molecule has 2 N–H and O–H groups in total. The molecule has 0 aliphatic carbocycles. The lowest BCUT2D eigenvalue weighted by atomic mass is 10.2. The molecular formula is C15H15BrN2O3S. The molecule has 0 fully saturated rings. The highest BCUT2D eigenvalue weighted by Gasteiger charge is 2.15. The molecule has 0 saturated heterocycles. The average Bonchev–Trinajstić information content (AvgIpc) is 2.43.